The zero-order chi connectivity index (χ0) is 16.8. The second-order valence-electron chi connectivity index (χ2n) is 6.02. The molecule has 1 unspecified atom stereocenters. The molecule has 0 radical (unpaired) electrons. The average molecular weight is 391 g/mol. The van der Waals surface area contributed by atoms with Gasteiger partial charge in [-0.2, -0.15) is 0 Å². The van der Waals surface area contributed by atoms with E-state index in [1.54, 1.807) is 19.6 Å². The van der Waals surface area contributed by atoms with Crippen molar-refractivity contribution in [1.29, 1.82) is 0 Å². The summed E-state index contributed by atoms with van der Waals surface area (Å²) >= 11 is 3.49. The molecule has 2 N–H and O–H groups in total. The summed E-state index contributed by atoms with van der Waals surface area (Å²) in [5, 5.41) is 6.73. The first kappa shape index (κ1) is 16.9. The number of halogens is 1. The number of benzene rings is 1. The van der Waals surface area contributed by atoms with Crippen LogP contribution in [0.2, 0.25) is 0 Å². The van der Waals surface area contributed by atoms with Gasteiger partial charge < -0.3 is 20.0 Å². The molecule has 0 spiro atoms. The van der Waals surface area contributed by atoms with Crippen LogP contribution in [0.4, 0.5) is 5.69 Å². The van der Waals surface area contributed by atoms with E-state index in [2.05, 4.69) is 60.7 Å². The number of nitrogens with one attached hydrogen (secondary N) is 2. The molecule has 1 aromatic heterocycles. The largest absolute Gasteiger partial charge is 0.472 e. The van der Waals surface area contributed by atoms with Crippen LogP contribution in [0.25, 0.3) is 0 Å². The van der Waals surface area contributed by atoms with Gasteiger partial charge in [-0.05, 0) is 42.7 Å². The number of aliphatic imine (C=N–C) groups is 1. The van der Waals surface area contributed by atoms with Gasteiger partial charge in [0, 0.05) is 49.0 Å². The van der Waals surface area contributed by atoms with Gasteiger partial charge in [-0.15, -0.1) is 0 Å². The monoisotopic (exact) mass is 390 g/mol. The molecule has 0 saturated carbocycles. The van der Waals surface area contributed by atoms with Crippen molar-refractivity contribution >= 4 is 27.6 Å². The van der Waals surface area contributed by atoms with Gasteiger partial charge in [-0.1, -0.05) is 15.9 Å². The summed E-state index contributed by atoms with van der Waals surface area (Å²) in [4.78, 5) is 6.73. The van der Waals surface area contributed by atoms with Crippen LogP contribution in [-0.2, 0) is 6.54 Å². The predicted molar refractivity (Wildman–Crippen MR) is 101 cm³/mol. The van der Waals surface area contributed by atoms with Crippen molar-refractivity contribution in [2.75, 3.05) is 31.6 Å². The fraction of sp³-hybridized carbons (Fsp3) is 0.389. The van der Waals surface area contributed by atoms with Gasteiger partial charge in [0.2, 0.25) is 0 Å². The summed E-state index contributed by atoms with van der Waals surface area (Å²) in [7, 11) is 1.80. The molecule has 24 heavy (non-hydrogen) atoms. The Morgan fingerprint density at radius 2 is 2.12 bits per heavy atom. The van der Waals surface area contributed by atoms with E-state index in [1.165, 1.54) is 12.1 Å². The maximum absolute atomic E-state index is 5.07. The molecule has 3 rings (SSSR count). The highest BCUT2D eigenvalue weighted by molar-refractivity contribution is 9.10. The normalized spacial score (nSPS) is 18.0. The summed E-state index contributed by atoms with van der Waals surface area (Å²) in [5.74, 6) is 1.46. The number of rotatable bonds is 5. The Morgan fingerprint density at radius 3 is 2.83 bits per heavy atom. The summed E-state index contributed by atoms with van der Waals surface area (Å²) in [6.45, 7) is 3.83. The zero-order valence-corrected chi connectivity index (χ0v) is 15.4. The van der Waals surface area contributed by atoms with Gasteiger partial charge in [0.15, 0.2) is 5.96 Å². The number of guanidine groups is 1. The van der Waals surface area contributed by atoms with Crippen LogP contribution in [0.1, 0.15) is 12.0 Å². The van der Waals surface area contributed by atoms with Crippen LogP contribution in [0, 0.1) is 5.92 Å². The Bertz CT molecular complexity index is 654. The van der Waals surface area contributed by atoms with Gasteiger partial charge in [0.25, 0.3) is 0 Å². The Hall–Kier alpha value is -1.95. The molecule has 6 heteroatoms. The Kier molecular flexibility index (Phi) is 5.80. The first-order valence-electron chi connectivity index (χ1n) is 8.20. The van der Waals surface area contributed by atoms with Crippen molar-refractivity contribution in [1.82, 2.24) is 10.6 Å². The molecule has 1 saturated heterocycles. The maximum Gasteiger partial charge on any atom is 0.191 e. The molecule has 128 valence electrons. The lowest BCUT2D eigenvalue weighted by Crippen LogP contribution is -2.39. The molecule has 0 bridgehead atoms. The SMILES string of the molecule is CN=C(NCc1ccoc1)NCC1CCN(c2ccc(Br)cc2)C1. The van der Waals surface area contributed by atoms with Crippen LogP contribution in [0.5, 0.6) is 0 Å². The van der Waals surface area contributed by atoms with Crippen molar-refractivity contribution in [2.45, 2.75) is 13.0 Å². The van der Waals surface area contributed by atoms with Crippen LogP contribution < -0.4 is 15.5 Å². The lowest BCUT2D eigenvalue weighted by atomic mass is 10.1. The molecule has 1 aliphatic rings. The molecule has 1 aromatic carbocycles. The van der Waals surface area contributed by atoms with Gasteiger partial charge in [-0.3, -0.25) is 4.99 Å². The molecule has 1 fully saturated rings. The zero-order valence-electron chi connectivity index (χ0n) is 13.8. The van der Waals surface area contributed by atoms with Crippen LogP contribution in [0.3, 0.4) is 0 Å². The number of hydrogen-bond donors (Lipinski definition) is 2. The predicted octanol–water partition coefficient (Wildman–Crippen LogP) is 3.23. The third kappa shape index (κ3) is 4.54. The summed E-state index contributed by atoms with van der Waals surface area (Å²) in [6.07, 6.45) is 4.62. The van der Waals surface area contributed by atoms with Crippen molar-refractivity contribution in [3.8, 4) is 0 Å². The van der Waals surface area contributed by atoms with E-state index >= 15 is 0 Å². The summed E-state index contributed by atoms with van der Waals surface area (Å²) in [6, 6.07) is 10.5. The third-order valence-electron chi connectivity index (χ3n) is 4.30. The molecule has 0 aliphatic carbocycles. The molecule has 2 aromatic rings. The van der Waals surface area contributed by atoms with Crippen molar-refractivity contribution in [3.63, 3.8) is 0 Å². The Labute approximate surface area is 151 Å². The highest BCUT2D eigenvalue weighted by Crippen LogP contribution is 2.24. The highest BCUT2D eigenvalue weighted by Gasteiger charge is 2.22. The van der Waals surface area contributed by atoms with E-state index in [4.69, 9.17) is 4.42 Å². The van der Waals surface area contributed by atoms with Gasteiger partial charge in [-0.25, -0.2) is 0 Å². The topological polar surface area (TPSA) is 52.8 Å². The lowest BCUT2D eigenvalue weighted by Gasteiger charge is -2.19. The van der Waals surface area contributed by atoms with Crippen molar-refractivity contribution in [3.05, 3.63) is 52.9 Å². The van der Waals surface area contributed by atoms with E-state index in [9.17, 15) is 0 Å². The van der Waals surface area contributed by atoms with E-state index < -0.39 is 0 Å². The minimum atomic E-state index is 0.626. The third-order valence-corrected chi connectivity index (χ3v) is 4.83. The van der Waals surface area contributed by atoms with E-state index in [0.29, 0.717) is 12.5 Å². The van der Waals surface area contributed by atoms with E-state index in [-0.39, 0.29) is 0 Å². The fourth-order valence-electron chi connectivity index (χ4n) is 2.93. The molecule has 1 aliphatic heterocycles. The molecule has 2 heterocycles. The van der Waals surface area contributed by atoms with Gasteiger partial charge >= 0.3 is 0 Å². The lowest BCUT2D eigenvalue weighted by molar-refractivity contribution is 0.559. The second-order valence-corrected chi connectivity index (χ2v) is 6.93. The van der Waals surface area contributed by atoms with Crippen molar-refractivity contribution < 1.29 is 4.42 Å². The van der Waals surface area contributed by atoms with Crippen LogP contribution in [0.15, 0.2) is 56.7 Å². The Balaban J connectivity index is 1.44. The van der Waals surface area contributed by atoms with Crippen LogP contribution in [-0.4, -0.2) is 32.6 Å². The quantitative estimate of drug-likeness (QED) is 0.607. The van der Waals surface area contributed by atoms with Gasteiger partial charge in [0.1, 0.15) is 0 Å². The summed E-state index contributed by atoms with van der Waals surface area (Å²) in [5.41, 5.74) is 2.41. The number of furan rings is 1. The highest BCUT2D eigenvalue weighted by atomic mass is 79.9. The maximum atomic E-state index is 5.07. The molecule has 1 atom stereocenters. The number of hydrogen-bond acceptors (Lipinski definition) is 3. The minimum absolute atomic E-state index is 0.626. The Morgan fingerprint density at radius 1 is 1.29 bits per heavy atom. The average Bonchev–Trinajstić information content (AvgIpc) is 3.27. The first-order chi connectivity index (χ1) is 11.7. The smallest absolute Gasteiger partial charge is 0.191 e. The minimum Gasteiger partial charge on any atom is -0.472 e. The molecular formula is C18H23BrN4O. The van der Waals surface area contributed by atoms with E-state index in [1.807, 2.05) is 6.07 Å². The van der Waals surface area contributed by atoms with Crippen molar-refractivity contribution in [2.24, 2.45) is 10.9 Å². The fourth-order valence-corrected chi connectivity index (χ4v) is 3.19. The second kappa shape index (κ2) is 8.24. The molecule has 0 amide bonds. The first-order valence-corrected chi connectivity index (χ1v) is 9.00. The molecular weight excluding hydrogens is 368 g/mol. The van der Waals surface area contributed by atoms with Crippen LogP contribution >= 0.6 is 15.9 Å². The molecule has 5 nitrogen and oxygen atoms in total. The standard InChI is InChI=1S/C18H23BrN4O/c1-20-18(22-11-15-7-9-24-13-15)21-10-14-6-8-23(12-14)17-4-2-16(19)3-5-17/h2-5,7,9,13-14H,6,8,10-12H2,1H3,(H2,20,21,22). The number of anilines is 1. The van der Waals surface area contributed by atoms with E-state index in [0.717, 1.165) is 35.6 Å². The van der Waals surface area contributed by atoms with Gasteiger partial charge in [0.05, 0.1) is 12.5 Å². The summed E-state index contributed by atoms with van der Waals surface area (Å²) < 4.78 is 6.20. The number of nitrogens with zero attached hydrogens (tertiary/aromatic N) is 2.